The molecule has 0 saturated heterocycles. The molecule has 82 valence electrons. The van der Waals surface area contributed by atoms with Crippen molar-refractivity contribution in [1.29, 1.82) is 0 Å². The highest BCUT2D eigenvalue weighted by Crippen LogP contribution is 2.45. The maximum absolute atomic E-state index is 5.70. The van der Waals surface area contributed by atoms with Crippen LogP contribution in [0.5, 0.6) is 0 Å². The number of aromatic nitrogens is 3. The van der Waals surface area contributed by atoms with Crippen LogP contribution in [0.15, 0.2) is 0 Å². The molecule has 0 bridgehead atoms. The predicted octanol–water partition coefficient (Wildman–Crippen LogP) is 1.87. The Kier molecular flexibility index (Phi) is 2.17. The Hall–Kier alpha value is -1.19. The van der Waals surface area contributed by atoms with E-state index in [0.29, 0.717) is 17.8 Å². The molecule has 0 radical (unpaired) electrons. The first kappa shape index (κ1) is 10.3. The lowest BCUT2D eigenvalue weighted by Crippen LogP contribution is -2.19. The lowest BCUT2D eigenvalue weighted by molar-refractivity contribution is 0.536. The van der Waals surface area contributed by atoms with Crippen molar-refractivity contribution < 1.29 is 0 Å². The topological polar surface area (TPSA) is 64.7 Å². The van der Waals surface area contributed by atoms with Gasteiger partial charge >= 0.3 is 0 Å². The molecular weight excluding hydrogens is 188 g/mol. The van der Waals surface area contributed by atoms with Crippen LogP contribution in [0.1, 0.15) is 51.7 Å². The van der Waals surface area contributed by atoms with E-state index in [1.54, 1.807) is 0 Å². The van der Waals surface area contributed by atoms with E-state index in [2.05, 4.69) is 42.6 Å². The van der Waals surface area contributed by atoms with Crippen molar-refractivity contribution in [2.24, 2.45) is 5.92 Å². The van der Waals surface area contributed by atoms with Crippen LogP contribution in [0, 0.1) is 5.92 Å². The number of hydrogen-bond donors (Lipinski definition) is 1. The molecule has 2 unspecified atom stereocenters. The SMILES string of the molecule is CC1CC1c1nc(N)nc(C(C)(C)C)n1. The molecule has 4 heteroatoms. The molecule has 2 rings (SSSR count). The minimum absolute atomic E-state index is 0.0655. The standard InChI is InChI=1S/C11H18N4/c1-6-5-7(6)8-13-9(11(2,3)4)15-10(12)14-8/h6-7H,5H2,1-4H3,(H2,12,13,14,15). The second kappa shape index (κ2) is 3.15. The number of nitrogens with zero attached hydrogens (tertiary/aromatic N) is 3. The molecule has 1 aromatic rings. The summed E-state index contributed by atoms with van der Waals surface area (Å²) in [7, 11) is 0. The van der Waals surface area contributed by atoms with Crippen molar-refractivity contribution >= 4 is 5.95 Å². The quantitative estimate of drug-likeness (QED) is 0.762. The van der Waals surface area contributed by atoms with Crippen molar-refractivity contribution in [3.05, 3.63) is 11.6 Å². The third-order valence-electron chi connectivity index (χ3n) is 2.78. The van der Waals surface area contributed by atoms with Gasteiger partial charge in [0.15, 0.2) is 0 Å². The fourth-order valence-electron chi connectivity index (χ4n) is 1.59. The van der Waals surface area contributed by atoms with Crippen molar-refractivity contribution in [2.75, 3.05) is 5.73 Å². The fraction of sp³-hybridized carbons (Fsp3) is 0.727. The highest BCUT2D eigenvalue weighted by atomic mass is 15.1. The molecule has 2 N–H and O–H groups in total. The zero-order valence-corrected chi connectivity index (χ0v) is 9.78. The minimum Gasteiger partial charge on any atom is -0.368 e. The molecule has 1 heterocycles. The summed E-state index contributed by atoms with van der Waals surface area (Å²) in [6.45, 7) is 8.47. The predicted molar refractivity (Wildman–Crippen MR) is 59.5 cm³/mol. The van der Waals surface area contributed by atoms with E-state index in [1.165, 1.54) is 6.42 Å². The maximum atomic E-state index is 5.70. The van der Waals surface area contributed by atoms with Crippen molar-refractivity contribution in [3.63, 3.8) is 0 Å². The lowest BCUT2D eigenvalue weighted by atomic mass is 9.96. The van der Waals surface area contributed by atoms with Gasteiger partial charge in [-0.15, -0.1) is 0 Å². The summed E-state index contributed by atoms with van der Waals surface area (Å²) < 4.78 is 0. The third kappa shape index (κ3) is 2.08. The zero-order chi connectivity index (χ0) is 11.2. The lowest BCUT2D eigenvalue weighted by Gasteiger charge is -2.17. The van der Waals surface area contributed by atoms with Gasteiger partial charge in [0, 0.05) is 11.3 Å². The molecule has 1 aliphatic carbocycles. The Morgan fingerprint density at radius 2 is 1.80 bits per heavy atom. The van der Waals surface area contributed by atoms with E-state index in [1.807, 2.05) is 0 Å². The largest absolute Gasteiger partial charge is 0.368 e. The van der Waals surface area contributed by atoms with Gasteiger partial charge in [-0.3, -0.25) is 0 Å². The van der Waals surface area contributed by atoms with Crippen LogP contribution < -0.4 is 5.73 Å². The Morgan fingerprint density at radius 1 is 1.20 bits per heavy atom. The van der Waals surface area contributed by atoms with Crippen LogP contribution in [0.25, 0.3) is 0 Å². The molecule has 1 fully saturated rings. The molecule has 4 nitrogen and oxygen atoms in total. The molecule has 1 aromatic heterocycles. The second-order valence-corrected chi connectivity index (χ2v) is 5.44. The smallest absolute Gasteiger partial charge is 0.223 e. The molecule has 1 aliphatic rings. The summed E-state index contributed by atoms with van der Waals surface area (Å²) in [5.74, 6) is 3.21. The molecule has 1 saturated carbocycles. The zero-order valence-electron chi connectivity index (χ0n) is 9.78. The molecule has 0 amide bonds. The Morgan fingerprint density at radius 3 is 2.27 bits per heavy atom. The van der Waals surface area contributed by atoms with E-state index in [9.17, 15) is 0 Å². The van der Waals surface area contributed by atoms with Gasteiger partial charge in [-0.2, -0.15) is 9.97 Å². The van der Waals surface area contributed by atoms with Crippen molar-refractivity contribution in [1.82, 2.24) is 15.0 Å². The Bertz CT molecular complexity index is 381. The van der Waals surface area contributed by atoms with E-state index in [4.69, 9.17) is 5.73 Å². The van der Waals surface area contributed by atoms with Crippen molar-refractivity contribution in [2.45, 2.75) is 45.4 Å². The summed E-state index contributed by atoms with van der Waals surface area (Å²) in [6, 6.07) is 0. The number of rotatable bonds is 1. The number of nitrogens with two attached hydrogens (primary N) is 1. The minimum atomic E-state index is -0.0655. The summed E-state index contributed by atoms with van der Waals surface area (Å²) in [5, 5.41) is 0. The van der Waals surface area contributed by atoms with Gasteiger partial charge in [-0.1, -0.05) is 27.7 Å². The van der Waals surface area contributed by atoms with Crippen LogP contribution in [0.4, 0.5) is 5.95 Å². The van der Waals surface area contributed by atoms with Crippen molar-refractivity contribution in [3.8, 4) is 0 Å². The van der Waals surface area contributed by atoms with E-state index in [0.717, 1.165) is 11.6 Å². The van der Waals surface area contributed by atoms with E-state index < -0.39 is 0 Å². The highest BCUT2D eigenvalue weighted by molar-refractivity contribution is 5.22. The van der Waals surface area contributed by atoms with Gasteiger partial charge in [-0.05, 0) is 12.3 Å². The number of hydrogen-bond acceptors (Lipinski definition) is 4. The van der Waals surface area contributed by atoms with Crippen LogP contribution in [0.2, 0.25) is 0 Å². The molecular formula is C11H18N4. The summed E-state index contributed by atoms with van der Waals surface area (Å²) in [6.07, 6.45) is 1.17. The van der Waals surface area contributed by atoms with Gasteiger partial charge in [-0.25, -0.2) is 4.98 Å². The van der Waals surface area contributed by atoms with E-state index in [-0.39, 0.29) is 5.41 Å². The van der Waals surface area contributed by atoms with Gasteiger partial charge < -0.3 is 5.73 Å². The Balaban J connectivity index is 2.37. The van der Waals surface area contributed by atoms with Gasteiger partial charge in [0.2, 0.25) is 5.95 Å². The average molecular weight is 206 g/mol. The third-order valence-corrected chi connectivity index (χ3v) is 2.78. The molecule has 0 aromatic carbocycles. The molecule has 0 spiro atoms. The number of anilines is 1. The number of nitrogen functional groups attached to an aromatic ring is 1. The van der Waals surface area contributed by atoms with Crippen LogP contribution in [-0.2, 0) is 5.41 Å². The maximum Gasteiger partial charge on any atom is 0.223 e. The second-order valence-electron chi connectivity index (χ2n) is 5.44. The molecule has 15 heavy (non-hydrogen) atoms. The normalized spacial score (nSPS) is 25.3. The molecule has 2 atom stereocenters. The summed E-state index contributed by atoms with van der Waals surface area (Å²) in [4.78, 5) is 12.9. The molecule has 0 aliphatic heterocycles. The first-order chi connectivity index (χ1) is 6.88. The Labute approximate surface area is 90.3 Å². The first-order valence-electron chi connectivity index (χ1n) is 5.40. The monoisotopic (exact) mass is 206 g/mol. The summed E-state index contributed by atoms with van der Waals surface area (Å²) >= 11 is 0. The van der Waals surface area contributed by atoms with Gasteiger partial charge in [0.1, 0.15) is 11.6 Å². The fourth-order valence-corrected chi connectivity index (χ4v) is 1.59. The van der Waals surface area contributed by atoms with Gasteiger partial charge in [0.25, 0.3) is 0 Å². The average Bonchev–Trinajstić information content (AvgIpc) is 2.80. The van der Waals surface area contributed by atoms with Crippen LogP contribution >= 0.6 is 0 Å². The van der Waals surface area contributed by atoms with E-state index >= 15 is 0 Å². The highest BCUT2D eigenvalue weighted by Gasteiger charge is 2.37. The van der Waals surface area contributed by atoms with Gasteiger partial charge in [0.05, 0.1) is 0 Å². The van der Waals surface area contributed by atoms with Crippen LogP contribution in [0.3, 0.4) is 0 Å². The first-order valence-corrected chi connectivity index (χ1v) is 5.40. The summed E-state index contributed by atoms with van der Waals surface area (Å²) in [5.41, 5.74) is 5.64. The van der Waals surface area contributed by atoms with Crippen LogP contribution in [-0.4, -0.2) is 15.0 Å².